The summed E-state index contributed by atoms with van der Waals surface area (Å²) in [6, 6.07) is -1.27. The van der Waals surface area contributed by atoms with Crippen molar-refractivity contribution in [2.24, 2.45) is 5.11 Å². The summed E-state index contributed by atoms with van der Waals surface area (Å²) >= 11 is 0. The Balaban J connectivity index is 3.10. The Morgan fingerprint density at radius 1 is 1.67 bits per heavy atom. The fourth-order valence-corrected chi connectivity index (χ4v) is 2.16. The quantitative estimate of drug-likeness (QED) is 0.261. The van der Waals surface area contributed by atoms with Crippen LogP contribution in [0.4, 0.5) is 0 Å². The molecule has 0 aromatic rings. The molecule has 0 aromatic carbocycles. The average Bonchev–Trinajstić information content (AvgIpc) is 2.46. The van der Waals surface area contributed by atoms with Gasteiger partial charge in [-0.15, -0.1) is 6.58 Å². The van der Waals surface area contributed by atoms with Crippen molar-refractivity contribution in [3.8, 4) is 0 Å². The Labute approximate surface area is 122 Å². The number of ether oxygens (including phenoxy) is 2. The van der Waals surface area contributed by atoms with Crippen molar-refractivity contribution in [2.75, 3.05) is 13.7 Å². The zero-order valence-corrected chi connectivity index (χ0v) is 12.0. The Morgan fingerprint density at radius 2 is 2.38 bits per heavy atom. The Bertz CT molecular complexity index is 496. The van der Waals surface area contributed by atoms with E-state index >= 15 is 0 Å². The molecule has 0 bridgehead atoms. The van der Waals surface area contributed by atoms with E-state index in [9.17, 15) is 9.59 Å². The number of carbonyl (C=O) groups is 2. The summed E-state index contributed by atoms with van der Waals surface area (Å²) in [5, 5.41) is 6.31. The number of esters is 1. The molecular formula is C13H18N4O4. The first-order chi connectivity index (χ1) is 10.0. The van der Waals surface area contributed by atoms with Crippen LogP contribution in [-0.2, 0) is 19.1 Å². The second kappa shape index (κ2) is 8.08. The number of rotatable bonds is 6. The highest BCUT2D eigenvalue weighted by molar-refractivity contribution is 5.89. The number of azide groups is 1. The molecule has 3 atom stereocenters. The van der Waals surface area contributed by atoms with Crippen LogP contribution in [0, 0.1) is 0 Å². The van der Waals surface area contributed by atoms with Gasteiger partial charge in [-0.1, -0.05) is 17.3 Å². The fraction of sp³-hybridized carbons (Fsp3) is 0.538. The minimum Gasteiger partial charge on any atom is -0.466 e. The third-order valence-corrected chi connectivity index (χ3v) is 2.99. The normalized spacial score (nSPS) is 24.3. The van der Waals surface area contributed by atoms with Crippen LogP contribution in [0.1, 0.15) is 13.3 Å². The number of nitrogens with zero attached hydrogens (tertiary/aromatic N) is 3. The molecule has 8 nitrogen and oxygen atoms in total. The first-order valence-electron chi connectivity index (χ1n) is 6.36. The summed E-state index contributed by atoms with van der Waals surface area (Å²) < 4.78 is 10.3. The van der Waals surface area contributed by atoms with Crippen molar-refractivity contribution in [3.05, 3.63) is 34.7 Å². The second-order valence-electron chi connectivity index (χ2n) is 4.47. The number of methoxy groups -OCH3 is 1. The van der Waals surface area contributed by atoms with Gasteiger partial charge in [0.1, 0.15) is 0 Å². The Kier molecular flexibility index (Phi) is 6.45. The molecule has 0 fully saturated rings. The summed E-state index contributed by atoms with van der Waals surface area (Å²) in [7, 11) is 1.27. The van der Waals surface area contributed by atoms with Crippen LogP contribution in [0.2, 0.25) is 0 Å². The molecule has 21 heavy (non-hydrogen) atoms. The molecule has 8 heteroatoms. The summed E-state index contributed by atoms with van der Waals surface area (Å²) in [4.78, 5) is 25.7. The van der Waals surface area contributed by atoms with Crippen molar-refractivity contribution in [2.45, 2.75) is 31.5 Å². The molecule has 0 aromatic heterocycles. The highest BCUT2D eigenvalue weighted by Crippen LogP contribution is 2.25. The molecule has 1 rings (SSSR count). The molecule has 0 saturated carbocycles. The molecule has 1 aliphatic rings. The number of amides is 1. The van der Waals surface area contributed by atoms with Crippen LogP contribution in [0.3, 0.4) is 0 Å². The average molecular weight is 294 g/mol. The van der Waals surface area contributed by atoms with Gasteiger partial charge in [-0.25, -0.2) is 4.79 Å². The summed E-state index contributed by atoms with van der Waals surface area (Å²) in [5.74, 6) is -0.790. The second-order valence-corrected chi connectivity index (χ2v) is 4.47. The van der Waals surface area contributed by atoms with E-state index in [0.29, 0.717) is 5.57 Å². The van der Waals surface area contributed by atoms with Crippen LogP contribution in [0.5, 0.6) is 0 Å². The standard InChI is InChI=1S/C13H18N4O4/c1-4-5-21-11-7-9(13(19)20-3)6-10(16-17-14)12(11)15-8(2)18/h4,6,10-12H,1,5,7H2,2-3H3,(H,15,18). The minimum absolute atomic E-state index is 0.248. The van der Waals surface area contributed by atoms with E-state index in [1.807, 2.05) is 0 Å². The molecule has 0 aliphatic heterocycles. The lowest BCUT2D eigenvalue weighted by atomic mass is 9.88. The Hall–Kier alpha value is -2.31. The minimum atomic E-state index is -0.725. The largest absolute Gasteiger partial charge is 0.466 e. The van der Waals surface area contributed by atoms with E-state index in [1.165, 1.54) is 20.1 Å². The maximum Gasteiger partial charge on any atom is 0.333 e. The van der Waals surface area contributed by atoms with Gasteiger partial charge in [0, 0.05) is 23.8 Å². The number of nitrogens with one attached hydrogen (secondary N) is 1. The van der Waals surface area contributed by atoms with E-state index in [2.05, 4.69) is 26.7 Å². The fourth-order valence-electron chi connectivity index (χ4n) is 2.16. The third-order valence-electron chi connectivity index (χ3n) is 2.99. The van der Waals surface area contributed by atoms with Crippen LogP contribution in [-0.4, -0.2) is 43.8 Å². The van der Waals surface area contributed by atoms with Crippen molar-refractivity contribution in [3.63, 3.8) is 0 Å². The van der Waals surface area contributed by atoms with E-state index in [4.69, 9.17) is 10.3 Å². The summed E-state index contributed by atoms with van der Waals surface area (Å²) in [5.41, 5.74) is 9.01. The van der Waals surface area contributed by atoms with Gasteiger partial charge >= 0.3 is 5.97 Å². The molecule has 0 heterocycles. The van der Waals surface area contributed by atoms with E-state index in [0.717, 1.165) is 0 Å². The zero-order chi connectivity index (χ0) is 15.8. The van der Waals surface area contributed by atoms with Crippen LogP contribution >= 0.6 is 0 Å². The highest BCUT2D eigenvalue weighted by Gasteiger charge is 2.36. The van der Waals surface area contributed by atoms with Gasteiger partial charge in [0.2, 0.25) is 5.91 Å². The lowest BCUT2D eigenvalue weighted by Gasteiger charge is -2.34. The van der Waals surface area contributed by atoms with Gasteiger partial charge in [0.25, 0.3) is 0 Å². The lowest BCUT2D eigenvalue weighted by Crippen LogP contribution is -2.52. The molecular weight excluding hydrogens is 276 g/mol. The van der Waals surface area contributed by atoms with Gasteiger partial charge in [0.15, 0.2) is 0 Å². The predicted molar refractivity (Wildman–Crippen MR) is 75.2 cm³/mol. The van der Waals surface area contributed by atoms with Crippen molar-refractivity contribution < 1.29 is 19.1 Å². The SMILES string of the molecule is C=CCOC1CC(C(=O)OC)=CC(N=[N+]=[N-])C1NC(C)=O. The molecule has 0 saturated heterocycles. The number of carbonyl (C=O) groups excluding carboxylic acids is 2. The molecule has 3 unspecified atom stereocenters. The summed E-state index contributed by atoms with van der Waals surface area (Å²) in [6.07, 6.45) is 2.80. The van der Waals surface area contributed by atoms with Gasteiger partial charge in [-0.05, 0) is 5.53 Å². The monoisotopic (exact) mass is 294 g/mol. The molecule has 0 spiro atoms. The van der Waals surface area contributed by atoms with Gasteiger partial charge in [-0.3, -0.25) is 4.79 Å². The van der Waals surface area contributed by atoms with E-state index in [-0.39, 0.29) is 18.9 Å². The Morgan fingerprint density at radius 3 is 2.90 bits per heavy atom. The predicted octanol–water partition coefficient (Wildman–Crippen LogP) is 1.24. The zero-order valence-electron chi connectivity index (χ0n) is 12.0. The molecule has 114 valence electrons. The van der Waals surface area contributed by atoms with Crippen molar-refractivity contribution >= 4 is 11.9 Å². The van der Waals surface area contributed by atoms with Gasteiger partial charge < -0.3 is 14.8 Å². The van der Waals surface area contributed by atoms with Crippen molar-refractivity contribution in [1.29, 1.82) is 0 Å². The van der Waals surface area contributed by atoms with Crippen molar-refractivity contribution in [1.82, 2.24) is 5.32 Å². The number of hydrogen-bond acceptors (Lipinski definition) is 5. The number of hydrogen-bond donors (Lipinski definition) is 1. The topological polar surface area (TPSA) is 113 Å². The first kappa shape index (κ1) is 16.7. The smallest absolute Gasteiger partial charge is 0.333 e. The summed E-state index contributed by atoms with van der Waals surface area (Å²) in [6.45, 7) is 5.16. The molecule has 1 aliphatic carbocycles. The van der Waals surface area contributed by atoms with E-state index < -0.39 is 24.2 Å². The van der Waals surface area contributed by atoms with Crippen LogP contribution in [0.15, 0.2) is 29.4 Å². The van der Waals surface area contributed by atoms with Crippen LogP contribution < -0.4 is 5.32 Å². The molecule has 1 amide bonds. The molecule has 1 N–H and O–H groups in total. The maximum atomic E-state index is 11.7. The van der Waals surface area contributed by atoms with Gasteiger partial charge in [-0.2, -0.15) is 0 Å². The first-order valence-corrected chi connectivity index (χ1v) is 6.36. The van der Waals surface area contributed by atoms with E-state index in [1.54, 1.807) is 6.08 Å². The van der Waals surface area contributed by atoms with Crippen LogP contribution in [0.25, 0.3) is 10.4 Å². The van der Waals surface area contributed by atoms with Gasteiger partial charge in [0.05, 0.1) is 31.9 Å². The lowest BCUT2D eigenvalue weighted by molar-refractivity contribution is -0.136. The maximum absolute atomic E-state index is 11.7. The third kappa shape index (κ3) is 4.62. The molecule has 0 radical (unpaired) electrons. The highest BCUT2D eigenvalue weighted by atomic mass is 16.5.